The van der Waals surface area contributed by atoms with Crippen LogP contribution in [0.5, 0.6) is 5.75 Å². The van der Waals surface area contributed by atoms with Crippen LogP contribution in [0.15, 0.2) is 36.5 Å². The molecule has 2 N–H and O–H groups in total. The SMILES string of the molecule is Cc1cccnc1COc1ccc2c(c1)CC[C@H]2N. The first-order valence-corrected chi connectivity index (χ1v) is 6.66. The molecule has 19 heavy (non-hydrogen) atoms. The third-order valence-electron chi connectivity index (χ3n) is 3.73. The maximum atomic E-state index is 6.03. The molecule has 1 heterocycles. The van der Waals surface area contributed by atoms with E-state index in [2.05, 4.69) is 17.1 Å². The molecule has 0 saturated carbocycles. The van der Waals surface area contributed by atoms with E-state index in [0.717, 1.165) is 29.8 Å². The van der Waals surface area contributed by atoms with Crippen LogP contribution in [0, 0.1) is 6.92 Å². The van der Waals surface area contributed by atoms with Crippen molar-refractivity contribution in [2.75, 3.05) is 0 Å². The Morgan fingerprint density at radius 1 is 1.37 bits per heavy atom. The highest BCUT2D eigenvalue weighted by Gasteiger charge is 2.19. The van der Waals surface area contributed by atoms with Crippen molar-refractivity contribution in [3.8, 4) is 5.75 Å². The van der Waals surface area contributed by atoms with Gasteiger partial charge in [-0.1, -0.05) is 12.1 Å². The van der Waals surface area contributed by atoms with Gasteiger partial charge < -0.3 is 10.5 Å². The van der Waals surface area contributed by atoms with Crippen molar-refractivity contribution in [3.63, 3.8) is 0 Å². The third-order valence-corrected chi connectivity index (χ3v) is 3.73. The van der Waals surface area contributed by atoms with Crippen LogP contribution in [0.25, 0.3) is 0 Å². The largest absolute Gasteiger partial charge is 0.487 e. The molecule has 0 saturated heterocycles. The van der Waals surface area contributed by atoms with Gasteiger partial charge in [0.25, 0.3) is 0 Å². The highest BCUT2D eigenvalue weighted by Crippen LogP contribution is 2.32. The van der Waals surface area contributed by atoms with Gasteiger partial charge in [-0.3, -0.25) is 4.98 Å². The van der Waals surface area contributed by atoms with E-state index in [4.69, 9.17) is 10.5 Å². The summed E-state index contributed by atoms with van der Waals surface area (Å²) in [6.07, 6.45) is 3.89. The minimum Gasteiger partial charge on any atom is -0.487 e. The van der Waals surface area contributed by atoms with Gasteiger partial charge in [-0.05, 0) is 54.7 Å². The number of rotatable bonds is 3. The van der Waals surface area contributed by atoms with Gasteiger partial charge in [-0.25, -0.2) is 0 Å². The number of aromatic nitrogens is 1. The van der Waals surface area contributed by atoms with Crippen LogP contribution < -0.4 is 10.5 Å². The number of hydrogen-bond donors (Lipinski definition) is 1. The maximum Gasteiger partial charge on any atom is 0.130 e. The lowest BCUT2D eigenvalue weighted by atomic mass is 10.1. The van der Waals surface area contributed by atoms with E-state index in [9.17, 15) is 0 Å². The number of aryl methyl sites for hydroxylation is 2. The van der Waals surface area contributed by atoms with Gasteiger partial charge in [0.15, 0.2) is 0 Å². The van der Waals surface area contributed by atoms with E-state index in [-0.39, 0.29) is 6.04 Å². The minimum absolute atomic E-state index is 0.196. The van der Waals surface area contributed by atoms with Crippen molar-refractivity contribution < 1.29 is 4.74 Å². The molecule has 3 heteroatoms. The Morgan fingerprint density at radius 3 is 3.11 bits per heavy atom. The Kier molecular flexibility index (Phi) is 3.22. The van der Waals surface area contributed by atoms with Gasteiger partial charge in [0, 0.05) is 12.2 Å². The molecule has 1 atom stereocenters. The molecule has 2 aromatic rings. The summed E-state index contributed by atoms with van der Waals surface area (Å²) in [7, 11) is 0. The van der Waals surface area contributed by atoms with Crippen molar-refractivity contribution in [1.82, 2.24) is 4.98 Å². The highest BCUT2D eigenvalue weighted by atomic mass is 16.5. The van der Waals surface area contributed by atoms with Crippen LogP contribution in [0.1, 0.15) is 34.8 Å². The molecule has 0 fully saturated rings. The Bertz CT molecular complexity index is 595. The molecule has 0 amide bonds. The first-order valence-electron chi connectivity index (χ1n) is 6.66. The number of pyridine rings is 1. The van der Waals surface area contributed by atoms with Crippen LogP contribution in [0.4, 0.5) is 0 Å². The quantitative estimate of drug-likeness (QED) is 0.916. The molecular formula is C16H18N2O. The number of ether oxygens (including phenoxy) is 1. The van der Waals surface area contributed by atoms with Gasteiger partial charge in [-0.15, -0.1) is 0 Å². The third kappa shape index (κ3) is 2.47. The van der Waals surface area contributed by atoms with Crippen molar-refractivity contribution in [3.05, 3.63) is 58.9 Å². The van der Waals surface area contributed by atoms with Crippen LogP contribution in [-0.2, 0) is 13.0 Å². The lowest BCUT2D eigenvalue weighted by Crippen LogP contribution is -2.05. The molecule has 3 rings (SSSR count). The Hall–Kier alpha value is -1.87. The van der Waals surface area contributed by atoms with Gasteiger partial charge >= 0.3 is 0 Å². The van der Waals surface area contributed by atoms with E-state index in [1.807, 2.05) is 25.1 Å². The molecule has 0 radical (unpaired) electrons. The second-order valence-electron chi connectivity index (χ2n) is 5.06. The molecular weight excluding hydrogens is 236 g/mol. The Labute approximate surface area is 113 Å². The second-order valence-corrected chi connectivity index (χ2v) is 5.06. The Morgan fingerprint density at radius 2 is 2.26 bits per heavy atom. The molecule has 1 aliphatic rings. The minimum atomic E-state index is 0.196. The average molecular weight is 254 g/mol. The van der Waals surface area contributed by atoms with E-state index >= 15 is 0 Å². The number of nitrogens with two attached hydrogens (primary N) is 1. The van der Waals surface area contributed by atoms with E-state index in [1.54, 1.807) is 6.20 Å². The maximum absolute atomic E-state index is 6.03. The molecule has 0 aliphatic heterocycles. The topological polar surface area (TPSA) is 48.1 Å². The van der Waals surface area contributed by atoms with Crippen molar-refractivity contribution in [1.29, 1.82) is 0 Å². The molecule has 1 aromatic heterocycles. The molecule has 3 nitrogen and oxygen atoms in total. The van der Waals surface area contributed by atoms with E-state index in [1.165, 1.54) is 11.1 Å². The standard InChI is InChI=1S/C16H18N2O/c1-11-3-2-8-18-16(11)10-19-13-5-6-14-12(9-13)4-7-15(14)17/h2-3,5-6,8-9,15H,4,7,10,17H2,1H3/t15-/m1/s1. The van der Waals surface area contributed by atoms with E-state index < -0.39 is 0 Å². The lowest BCUT2D eigenvalue weighted by molar-refractivity contribution is 0.300. The molecule has 98 valence electrons. The normalized spacial score (nSPS) is 17.3. The predicted octanol–water partition coefficient (Wildman–Crippen LogP) is 2.92. The Balaban J connectivity index is 1.73. The molecule has 0 spiro atoms. The van der Waals surface area contributed by atoms with Gasteiger partial charge in [0.2, 0.25) is 0 Å². The van der Waals surface area contributed by atoms with Gasteiger partial charge in [0.1, 0.15) is 12.4 Å². The zero-order valence-electron chi connectivity index (χ0n) is 11.1. The van der Waals surface area contributed by atoms with Crippen LogP contribution >= 0.6 is 0 Å². The van der Waals surface area contributed by atoms with Crippen LogP contribution in [0.2, 0.25) is 0 Å². The predicted molar refractivity (Wildman–Crippen MR) is 75.0 cm³/mol. The first kappa shape index (κ1) is 12.2. The summed E-state index contributed by atoms with van der Waals surface area (Å²) in [5.41, 5.74) is 10.8. The number of fused-ring (bicyclic) bond motifs is 1. The van der Waals surface area contributed by atoms with Crippen molar-refractivity contribution in [2.24, 2.45) is 5.73 Å². The summed E-state index contributed by atoms with van der Waals surface area (Å²) in [5.74, 6) is 0.901. The van der Waals surface area contributed by atoms with Crippen molar-refractivity contribution in [2.45, 2.75) is 32.4 Å². The summed E-state index contributed by atoms with van der Waals surface area (Å²) >= 11 is 0. The van der Waals surface area contributed by atoms with Crippen LogP contribution in [0.3, 0.4) is 0 Å². The molecule has 1 aromatic carbocycles. The number of nitrogens with zero attached hydrogens (tertiary/aromatic N) is 1. The average Bonchev–Trinajstić information content (AvgIpc) is 2.79. The summed E-state index contributed by atoms with van der Waals surface area (Å²) in [6.45, 7) is 2.56. The molecule has 0 unspecified atom stereocenters. The summed E-state index contributed by atoms with van der Waals surface area (Å²) < 4.78 is 5.83. The monoisotopic (exact) mass is 254 g/mol. The van der Waals surface area contributed by atoms with Gasteiger partial charge in [0.05, 0.1) is 5.69 Å². The lowest BCUT2D eigenvalue weighted by Gasteiger charge is -2.10. The molecule has 1 aliphatic carbocycles. The van der Waals surface area contributed by atoms with Crippen molar-refractivity contribution >= 4 is 0 Å². The summed E-state index contributed by atoms with van der Waals surface area (Å²) in [5, 5.41) is 0. The number of hydrogen-bond acceptors (Lipinski definition) is 3. The zero-order valence-corrected chi connectivity index (χ0v) is 11.1. The number of benzene rings is 1. The summed E-state index contributed by atoms with van der Waals surface area (Å²) in [6, 6.07) is 10.4. The van der Waals surface area contributed by atoms with Crippen LogP contribution in [-0.4, -0.2) is 4.98 Å². The van der Waals surface area contributed by atoms with Gasteiger partial charge in [-0.2, -0.15) is 0 Å². The molecule has 0 bridgehead atoms. The first-order chi connectivity index (χ1) is 9.24. The fraction of sp³-hybridized carbons (Fsp3) is 0.312. The zero-order chi connectivity index (χ0) is 13.2. The second kappa shape index (κ2) is 5.02. The highest BCUT2D eigenvalue weighted by molar-refractivity contribution is 5.40. The fourth-order valence-electron chi connectivity index (χ4n) is 2.54. The smallest absolute Gasteiger partial charge is 0.130 e. The van der Waals surface area contributed by atoms with E-state index in [0.29, 0.717) is 6.61 Å². The fourth-order valence-corrected chi connectivity index (χ4v) is 2.54. The summed E-state index contributed by atoms with van der Waals surface area (Å²) in [4.78, 5) is 4.33.